The number of sulfonamides is 1. The fourth-order valence-corrected chi connectivity index (χ4v) is 2.96. The van der Waals surface area contributed by atoms with Crippen molar-refractivity contribution in [2.75, 3.05) is 10.0 Å². The van der Waals surface area contributed by atoms with E-state index in [9.17, 15) is 13.2 Å². The average Bonchev–Trinajstić information content (AvgIpc) is 2.60. The minimum Gasteiger partial charge on any atom is -0.381 e. The fraction of sp³-hybridized carbons (Fsp3) is 0.350. The molecule has 0 aliphatic heterocycles. The molecule has 0 aliphatic rings. The van der Waals surface area contributed by atoms with E-state index in [2.05, 4.69) is 15.4 Å². The van der Waals surface area contributed by atoms with Gasteiger partial charge in [0.2, 0.25) is 10.0 Å². The summed E-state index contributed by atoms with van der Waals surface area (Å²) < 4.78 is 26.3. The zero-order valence-corrected chi connectivity index (χ0v) is 16.9. The number of anilines is 2. The summed E-state index contributed by atoms with van der Waals surface area (Å²) >= 11 is 0. The molecule has 1 amide bonds. The molecule has 0 saturated heterocycles. The molecular weight excluding hydrogens is 362 g/mol. The lowest BCUT2D eigenvalue weighted by Gasteiger charge is -2.12. The number of carbonyl (C=O) groups is 1. The highest BCUT2D eigenvalue weighted by Crippen LogP contribution is 2.15. The number of rotatable bonds is 8. The summed E-state index contributed by atoms with van der Waals surface area (Å²) in [6.07, 6.45) is 0. The van der Waals surface area contributed by atoms with Gasteiger partial charge in [-0.25, -0.2) is 8.42 Å². The predicted octanol–water partition coefficient (Wildman–Crippen LogP) is 3.59. The Labute approximate surface area is 161 Å². The van der Waals surface area contributed by atoms with Gasteiger partial charge in [-0.2, -0.15) is 0 Å². The molecular formula is C20H27N3O3S. The lowest BCUT2D eigenvalue weighted by molar-refractivity contribution is 0.0943. The summed E-state index contributed by atoms with van der Waals surface area (Å²) in [5, 5.41) is 5.66. The average molecular weight is 390 g/mol. The van der Waals surface area contributed by atoms with Crippen LogP contribution in [0.5, 0.6) is 0 Å². The van der Waals surface area contributed by atoms with E-state index in [1.807, 2.05) is 38.1 Å². The van der Waals surface area contributed by atoms with Crippen molar-refractivity contribution in [3.63, 3.8) is 0 Å². The molecule has 0 radical (unpaired) electrons. The smallest absolute Gasteiger partial charge is 0.251 e. The van der Waals surface area contributed by atoms with E-state index in [4.69, 9.17) is 0 Å². The topological polar surface area (TPSA) is 87.3 Å². The third-order valence-electron chi connectivity index (χ3n) is 3.90. The third kappa shape index (κ3) is 6.29. The number of hydrogen-bond donors (Lipinski definition) is 3. The summed E-state index contributed by atoms with van der Waals surface area (Å²) in [5.74, 6) is -0.0870. The van der Waals surface area contributed by atoms with Crippen LogP contribution in [-0.4, -0.2) is 25.6 Å². The number of benzene rings is 2. The summed E-state index contributed by atoms with van der Waals surface area (Å²) in [5.41, 5.74) is 3.09. The van der Waals surface area contributed by atoms with Crippen molar-refractivity contribution >= 4 is 27.3 Å². The van der Waals surface area contributed by atoms with Crippen molar-refractivity contribution in [3.05, 3.63) is 59.7 Å². The molecule has 7 heteroatoms. The second-order valence-corrected chi connectivity index (χ2v) is 9.19. The molecule has 0 bridgehead atoms. The van der Waals surface area contributed by atoms with Crippen LogP contribution in [0.4, 0.5) is 11.4 Å². The van der Waals surface area contributed by atoms with E-state index in [1.165, 1.54) is 0 Å². The van der Waals surface area contributed by atoms with Gasteiger partial charge in [0.25, 0.3) is 5.91 Å². The molecule has 2 aromatic carbocycles. The molecule has 2 aromatic rings. The molecule has 0 atom stereocenters. The number of hydrogen-bond acceptors (Lipinski definition) is 4. The molecule has 2 rings (SSSR count). The van der Waals surface area contributed by atoms with Crippen molar-refractivity contribution in [1.82, 2.24) is 5.32 Å². The molecule has 146 valence electrons. The molecule has 0 aliphatic carbocycles. The van der Waals surface area contributed by atoms with E-state index >= 15 is 0 Å². The van der Waals surface area contributed by atoms with Crippen LogP contribution >= 0.6 is 0 Å². The van der Waals surface area contributed by atoms with Crippen molar-refractivity contribution in [1.29, 1.82) is 0 Å². The van der Waals surface area contributed by atoms with E-state index < -0.39 is 15.3 Å². The quantitative estimate of drug-likeness (QED) is 0.644. The van der Waals surface area contributed by atoms with Gasteiger partial charge in [-0.3, -0.25) is 9.52 Å². The SMILES string of the molecule is CC(C)NC(=O)c1ccc(NCc2ccc(NS(=O)(=O)C(C)C)cc2)cc1. The minimum absolute atomic E-state index is 0.0870. The van der Waals surface area contributed by atoms with Crippen molar-refractivity contribution < 1.29 is 13.2 Å². The molecule has 3 N–H and O–H groups in total. The maximum absolute atomic E-state index is 11.9. The van der Waals surface area contributed by atoms with Crippen LogP contribution in [0.1, 0.15) is 43.6 Å². The van der Waals surface area contributed by atoms with E-state index in [1.54, 1.807) is 38.1 Å². The Balaban J connectivity index is 1.92. The van der Waals surface area contributed by atoms with Crippen LogP contribution in [0.25, 0.3) is 0 Å². The molecule has 0 unspecified atom stereocenters. The Morgan fingerprint density at radius 3 is 1.96 bits per heavy atom. The van der Waals surface area contributed by atoms with E-state index in [-0.39, 0.29) is 11.9 Å². The lowest BCUT2D eigenvalue weighted by atomic mass is 10.1. The normalized spacial score (nSPS) is 11.5. The highest BCUT2D eigenvalue weighted by Gasteiger charge is 2.15. The van der Waals surface area contributed by atoms with Crippen molar-refractivity contribution in [2.45, 2.75) is 45.5 Å². The first-order valence-electron chi connectivity index (χ1n) is 8.93. The lowest BCUT2D eigenvalue weighted by Crippen LogP contribution is -2.29. The first-order chi connectivity index (χ1) is 12.7. The first kappa shape index (κ1) is 20.8. The van der Waals surface area contributed by atoms with Crippen molar-refractivity contribution in [2.24, 2.45) is 0 Å². The Morgan fingerprint density at radius 2 is 1.44 bits per heavy atom. The highest BCUT2D eigenvalue weighted by atomic mass is 32.2. The Kier molecular flexibility index (Phi) is 6.85. The molecule has 0 heterocycles. The molecule has 0 fully saturated rings. The van der Waals surface area contributed by atoms with Crippen LogP contribution in [0.2, 0.25) is 0 Å². The summed E-state index contributed by atoms with van der Waals surface area (Å²) in [4.78, 5) is 11.9. The molecule has 0 spiro atoms. The molecule has 6 nitrogen and oxygen atoms in total. The zero-order chi connectivity index (χ0) is 20.0. The zero-order valence-electron chi connectivity index (χ0n) is 16.1. The number of nitrogens with one attached hydrogen (secondary N) is 3. The predicted molar refractivity (Wildman–Crippen MR) is 110 cm³/mol. The second-order valence-electron chi connectivity index (χ2n) is 6.95. The Morgan fingerprint density at radius 1 is 0.889 bits per heavy atom. The van der Waals surface area contributed by atoms with E-state index in [0.29, 0.717) is 17.8 Å². The van der Waals surface area contributed by atoms with Crippen LogP contribution in [0.15, 0.2) is 48.5 Å². The summed E-state index contributed by atoms with van der Waals surface area (Å²) in [6, 6.07) is 14.6. The van der Waals surface area contributed by atoms with Gasteiger partial charge in [-0.1, -0.05) is 12.1 Å². The van der Waals surface area contributed by atoms with Gasteiger partial charge < -0.3 is 10.6 Å². The van der Waals surface area contributed by atoms with Crippen molar-refractivity contribution in [3.8, 4) is 0 Å². The Bertz CT molecular complexity index is 858. The highest BCUT2D eigenvalue weighted by molar-refractivity contribution is 7.93. The minimum atomic E-state index is -3.34. The standard InChI is InChI=1S/C20H27N3O3S/c1-14(2)22-20(24)17-7-11-18(12-8-17)21-13-16-5-9-19(10-6-16)23-27(25,26)15(3)4/h5-12,14-15,21,23H,13H2,1-4H3,(H,22,24). The van der Waals surface area contributed by atoms with Gasteiger partial charge in [0.15, 0.2) is 0 Å². The van der Waals surface area contributed by atoms with Gasteiger partial charge in [-0.15, -0.1) is 0 Å². The monoisotopic (exact) mass is 389 g/mol. The van der Waals surface area contributed by atoms with Crippen LogP contribution in [0.3, 0.4) is 0 Å². The largest absolute Gasteiger partial charge is 0.381 e. The number of amides is 1. The third-order valence-corrected chi connectivity index (χ3v) is 5.66. The maximum Gasteiger partial charge on any atom is 0.251 e. The van der Waals surface area contributed by atoms with Gasteiger partial charge in [0.1, 0.15) is 0 Å². The first-order valence-corrected chi connectivity index (χ1v) is 10.5. The fourth-order valence-electron chi connectivity index (χ4n) is 2.26. The molecule has 0 saturated carbocycles. The van der Waals surface area contributed by atoms with Crippen LogP contribution in [-0.2, 0) is 16.6 Å². The number of carbonyl (C=O) groups excluding carboxylic acids is 1. The Hall–Kier alpha value is -2.54. The van der Waals surface area contributed by atoms with Gasteiger partial charge >= 0.3 is 0 Å². The van der Waals surface area contributed by atoms with Gasteiger partial charge in [-0.05, 0) is 69.7 Å². The van der Waals surface area contributed by atoms with E-state index in [0.717, 1.165) is 11.3 Å². The second kappa shape index (κ2) is 8.90. The molecule has 0 aromatic heterocycles. The van der Waals surface area contributed by atoms with Crippen LogP contribution < -0.4 is 15.4 Å². The molecule has 27 heavy (non-hydrogen) atoms. The van der Waals surface area contributed by atoms with Gasteiger partial charge in [0, 0.05) is 29.5 Å². The van der Waals surface area contributed by atoms with Crippen LogP contribution in [0, 0.1) is 0 Å². The maximum atomic E-state index is 11.9. The summed E-state index contributed by atoms with van der Waals surface area (Å²) in [6.45, 7) is 7.71. The van der Waals surface area contributed by atoms with Gasteiger partial charge in [0.05, 0.1) is 5.25 Å². The summed E-state index contributed by atoms with van der Waals surface area (Å²) in [7, 11) is -3.34.